The third kappa shape index (κ3) is 3.82. The van der Waals surface area contributed by atoms with Crippen molar-refractivity contribution in [3.63, 3.8) is 0 Å². The molecule has 0 radical (unpaired) electrons. The van der Waals surface area contributed by atoms with Crippen LogP contribution in [0.2, 0.25) is 0 Å². The second-order valence-corrected chi connectivity index (χ2v) is 8.73. The number of fused-ring (bicyclic) bond motifs is 1. The van der Waals surface area contributed by atoms with Crippen LogP contribution in [0.1, 0.15) is 44.9 Å². The summed E-state index contributed by atoms with van der Waals surface area (Å²) < 4.78 is 3.38. The molecule has 27 heavy (non-hydrogen) atoms. The van der Waals surface area contributed by atoms with Crippen molar-refractivity contribution in [3.05, 3.63) is 52.3 Å². The molecule has 0 aliphatic carbocycles. The number of pyridine rings is 1. The van der Waals surface area contributed by atoms with E-state index in [4.69, 9.17) is 5.73 Å². The lowest BCUT2D eigenvalue weighted by Crippen LogP contribution is -2.42. The predicted octanol–water partition coefficient (Wildman–Crippen LogP) is 4.86. The summed E-state index contributed by atoms with van der Waals surface area (Å²) in [4.78, 5) is 4.67. The number of aliphatic hydroxyl groups excluding tert-OH is 1. The maximum absolute atomic E-state index is 9.80. The first-order chi connectivity index (χ1) is 12.8. The van der Waals surface area contributed by atoms with Gasteiger partial charge in [0.2, 0.25) is 0 Å². The van der Waals surface area contributed by atoms with Crippen molar-refractivity contribution in [2.45, 2.75) is 52.1 Å². The Bertz CT molecular complexity index is 960. The number of hydrogen-bond acceptors (Lipinski definition) is 3. The molecule has 0 saturated heterocycles. The number of hydrogen-bond donors (Lipinski definition) is 2. The minimum Gasteiger partial charge on any atom is -0.394 e. The molecule has 3 N–H and O–H groups in total. The lowest BCUT2D eigenvalue weighted by Gasteiger charge is -2.23. The van der Waals surface area contributed by atoms with Gasteiger partial charge in [-0.15, -0.1) is 0 Å². The van der Waals surface area contributed by atoms with Crippen LogP contribution in [0.25, 0.3) is 22.2 Å². The van der Waals surface area contributed by atoms with Crippen LogP contribution in [0.3, 0.4) is 0 Å². The maximum Gasteiger partial charge on any atom is 0.0611 e. The van der Waals surface area contributed by atoms with Crippen molar-refractivity contribution >= 4 is 26.8 Å². The Morgan fingerprint density at radius 2 is 2.04 bits per heavy atom. The summed E-state index contributed by atoms with van der Waals surface area (Å²) >= 11 is 3.61. The van der Waals surface area contributed by atoms with Crippen LogP contribution in [0, 0.1) is 0 Å². The molecule has 2 heterocycles. The van der Waals surface area contributed by atoms with Crippen molar-refractivity contribution in [2.75, 3.05) is 6.61 Å². The summed E-state index contributed by atoms with van der Waals surface area (Å²) in [6.45, 7) is 9.18. The molecule has 0 saturated carbocycles. The van der Waals surface area contributed by atoms with Gasteiger partial charge in [0.1, 0.15) is 0 Å². The van der Waals surface area contributed by atoms with Gasteiger partial charge < -0.3 is 15.4 Å². The third-order valence-electron chi connectivity index (χ3n) is 5.03. The Balaban J connectivity index is 2.40. The third-order valence-corrected chi connectivity index (χ3v) is 5.52. The highest BCUT2D eigenvalue weighted by molar-refractivity contribution is 9.10. The standard InChI is InChI=1S/C22H28BrN3O/c1-5-26-19-9-8-15(23)11-17(19)18(12-22(4,24)13-27)21(26)16-7-6-10-25-20(16)14(2)3/h6-11,14,27H,5,12-13,24H2,1-4H3. The number of aryl methyl sites for hydroxylation is 1. The average molecular weight is 430 g/mol. The summed E-state index contributed by atoms with van der Waals surface area (Å²) in [5.74, 6) is 0.311. The number of halogens is 1. The van der Waals surface area contributed by atoms with Gasteiger partial charge >= 0.3 is 0 Å². The molecule has 3 aromatic rings. The van der Waals surface area contributed by atoms with Crippen molar-refractivity contribution in [1.29, 1.82) is 0 Å². The molecule has 0 fully saturated rings. The molecule has 0 bridgehead atoms. The molecule has 1 unspecified atom stereocenters. The Kier molecular flexibility index (Phi) is 5.75. The Morgan fingerprint density at radius 3 is 2.67 bits per heavy atom. The van der Waals surface area contributed by atoms with Gasteiger partial charge in [0.05, 0.1) is 18.0 Å². The van der Waals surface area contributed by atoms with Gasteiger partial charge in [-0.1, -0.05) is 29.8 Å². The maximum atomic E-state index is 9.80. The van der Waals surface area contributed by atoms with Crippen LogP contribution in [0.15, 0.2) is 41.0 Å². The second-order valence-electron chi connectivity index (χ2n) is 7.81. The molecule has 0 aliphatic rings. The van der Waals surface area contributed by atoms with E-state index >= 15 is 0 Å². The van der Waals surface area contributed by atoms with Crippen LogP contribution < -0.4 is 5.73 Å². The van der Waals surface area contributed by atoms with Gasteiger partial charge in [-0.3, -0.25) is 4.98 Å². The Morgan fingerprint density at radius 1 is 1.30 bits per heavy atom. The molecule has 0 spiro atoms. The van der Waals surface area contributed by atoms with Gasteiger partial charge in [-0.05, 0) is 62.1 Å². The van der Waals surface area contributed by atoms with E-state index in [-0.39, 0.29) is 6.61 Å². The normalized spacial score (nSPS) is 14.1. The SMILES string of the molecule is CCn1c(-c2cccnc2C(C)C)c(CC(C)(N)CO)c2cc(Br)ccc21. The van der Waals surface area contributed by atoms with Crippen molar-refractivity contribution in [2.24, 2.45) is 5.73 Å². The highest BCUT2D eigenvalue weighted by Crippen LogP contribution is 2.39. The minimum atomic E-state index is -0.690. The number of nitrogens with two attached hydrogens (primary N) is 1. The topological polar surface area (TPSA) is 64.1 Å². The van der Waals surface area contributed by atoms with Gasteiger partial charge in [0.25, 0.3) is 0 Å². The number of aliphatic hydroxyl groups is 1. The zero-order valence-corrected chi connectivity index (χ0v) is 18.0. The largest absolute Gasteiger partial charge is 0.394 e. The lowest BCUT2D eigenvalue weighted by molar-refractivity contribution is 0.208. The molecule has 0 aliphatic heterocycles. The zero-order valence-electron chi connectivity index (χ0n) is 16.5. The molecule has 2 aromatic heterocycles. The molecule has 5 heteroatoms. The lowest BCUT2D eigenvalue weighted by atomic mass is 9.90. The zero-order chi connectivity index (χ0) is 19.8. The van der Waals surface area contributed by atoms with E-state index in [9.17, 15) is 5.11 Å². The van der Waals surface area contributed by atoms with Crippen LogP contribution in [-0.2, 0) is 13.0 Å². The number of nitrogens with zero attached hydrogens (tertiary/aromatic N) is 2. The molecule has 144 valence electrons. The van der Waals surface area contributed by atoms with Crippen LogP contribution in [0.5, 0.6) is 0 Å². The fraction of sp³-hybridized carbons (Fsp3) is 0.409. The minimum absolute atomic E-state index is 0.0662. The van der Waals surface area contributed by atoms with Crippen LogP contribution in [-0.4, -0.2) is 26.8 Å². The first kappa shape index (κ1) is 20.1. The van der Waals surface area contributed by atoms with Gasteiger partial charge in [0.15, 0.2) is 0 Å². The monoisotopic (exact) mass is 429 g/mol. The van der Waals surface area contributed by atoms with E-state index in [1.165, 1.54) is 16.5 Å². The smallest absolute Gasteiger partial charge is 0.0611 e. The molecule has 1 atom stereocenters. The molecular formula is C22H28BrN3O. The van der Waals surface area contributed by atoms with E-state index in [0.29, 0.717) is 12.3 Å². The fourth-order valence-corrected chi connectivity index (χ4v) is 4.11. The Labute approximate surface area is 169 Å². The number of aromatic nitrogens is 2. The summed E-state index contributed by atoms with van der Waals surface area (Å²) in [6, 6.07) is 10.5. The van der Waals surface area contributed by atoms with Gasteiger partial charge in [-0.25, -0.2) is 0 Å². The highest BCUT2D eigenvalue weighted by atomic mass is 79.9. The summed E-state index contributed by atoms with van der Waals surface area (Å²) in [5, 5.41) is 11.0. The van der Waals surface area contributed by atoms with Crippen molar-refractivity contribution in [1.82, 2.24) is 9.55 Å². The van der Waals surface area contributed by atoms with Gasteiger partial charge in [0, 0.05) is 39.2 Å². The van der Waals surface area contributed by atoms with Crippen molar-refractivity contribution < 1.29 is 5.11 Å². The van der Waals surface area contributed by atoms with E-state index in [1.54, 1.807) is 0 Å². The van der Waals surface area contributed by atoms with E-state index in [0.717, 1.165) is 28.0 Å². The average Bonchev–Trinajstić information content (AvgIpc) is 2.93. The van der Waals surface area contributed by atoms with Crippen LogP contribution >= 0.6 is 15.9 Å². The second kappa shape index (κ2) is 7.74. The molecular weight excluding hydrogens is 402 g/mol. The molecule has 0 amide bonds. The molecule has 1 aromatic carbocycles. The Hall–Kier alpha value is -1.69. The molecule has 3 rings (SSSR count). The van der Waals surface area contributed by atoms with Crippen LogP contribution in [0.4, 0.5) is 0 Å². The first-order valence-corrected chi connectivity index (χ1v) is 10.2. The quantitative estimate of drug-likeness (QED) is 0.587. The van der Waals surface area contributed by atoms with Gasteiger partial charge in [-0.2, -0.15) is 0 Å². The number of benzene rings is 1. The van der Waals surface area contributed by atoms with E-state index in [1.807, 2.05) is 19.2 Å². The fourth-order valence-electron chi connectivity index (χ4n) is 3.75. The summed E-state index contributed by atoms with van der Waals surface area (Å²) in [6.07, 6.45) is 2.44. The summed E-state index contributed by atoms with van der Waals surface area (Å²) in [5.41, 5.74) is 11.4. The summed E-state index contributed by atoms with van der Waals surface area (Å²) in [7, 11) is 0. The van der Waals surface area contributed by atoms with E-state index in [2.05, 4.69) is 70.5 Å². The number of rotatable bonds is 6. The van der Waals surface area contributed by atoms with E-state index < -0.39 is 5.54 Å². The molecule has 4 nitrogen and oxygen atoms in total. The first-order valence-electron chi connectivity index (χ1n) is 9.44. The predicted molar refractivity (Wildman–Crippen MR) is 116 cm³/mol. The highest BCUT2D eigenvalue weighted by Gasteiger charge is 2.27. The van der Waals surface area contributed by atoms with Crippen molar-refractivity contribution in [3.8, 4) is 11.3 Å².